The van der Waals surface area contributed by atoms with Crippen LogP contribution in [0.5, 0.6) is 5.75 Å². The summed E-state index contributed by atoms with van der Waals surface area (Å²) in [7, 11) is 0.727. The first-order chi connectivity index (χ1) is 20.5. The number of methoxy groups -OCH3 is 1. The summed E-state index contributed by atoms with van der Waals surface area (Å²) in [6, 6.07) is 23.3. The number of hydrogen-bond donors (Lipinski definition) is 1. The molecule has 1 heterocycles. The van der Waals surface area contributed by atoms with Crippen molar-refractivity contribution in [3.8, 4) is 16.3 Å². The van der Waals surface area contributed by atoms with E-state index in [9.17, 15) is 27.9 Å². The second-order valence-electron chi connectivity index (χ2n) is 9.69. The number of halogens is 3. The molecule has 4 aromatic rings. The summed E-state index contributed by atoms with van der Waals surface area (Å²) in [5.74, 6) is -2.77. The van der Waals surface area contributed by atoms with E-state index in [1.54, 1.807) is 23.5 Å². The number of thiazole rings is 1. The van der Waals surface area contributed by atoms with Crippen molar-refractivity contribution in [2.45, 2.75) is 50.7 Å². The van der Waals surface area contributed by atoms with Gasteiger partial charge in [-0.25, -0.2) is 14.6 Å². The second-order valence-corrected chi connectivity index (χ2v) is 10.9. The van der Waals surface area contributed by atoms with E-state index in [-0.39, 0.29) is 12.8 Å². The van der Waals surface area contributed by atoms with E-state index in [1.165, 1.54) is 18.2 Å². The Morgan fingerprint density at radius 3 is 2.16 bits per heavy atom. The quantitative estimate of drug-likeness (QED) is 0.161. The van der Waals surface area contributed by atoms with Crippen molar-refractivity contribution >= 4 is 23.3 Å². The molecule has 1 N–H and O–H groups in total. The van der Waals surface area contributed by atoms with Gasteiger partial charge in [-0.3, -0.25) is 0 Å². The van der Waals surface area contributed by atoms with Gasteiger partial charge in [0, 0.05) is 23.1 Å². The number of carbonyl (C=O) groups is 2. The molecule has 43 heavy (non-hydrogen) atoms. The molecule has 3 aromatic carbocycles. The fourth-order valence-electron chi connectivity index (χ4n) is 4.49. The van der Waals surface area contributed by atoms with Gasteiger partial charge >= 0.3 is 18.1 Å². The number of nitrogens with zero attached hydrogens (tertiary/aromatic N) is 1. The van der Waals surface area contributed by atoms with Crippen LogP contribution >= 0.6 is 11.3 Å². The topological polar surface area (TPSA) is 95.0 Å². The van der Waals surface area contributed by atoms with Gasteiger partial charge in [-0.1, -0.05) is 72.8 Å². The average molecular weight is 614 g/mol. The highest BCUT2D eigenvalue weighted by Crippen LogP contribution is 2.43. The van der Waals surface area contributed by atoms with Crippen LogP contribution in [0.15, 0.2) is 84.9 Å². The number of aryl methyl sites for hydroxylation is 2. The van der Waals surface area contributed by atoms with Gasteiger partial charge in [0.1, 0.15) is 17.4 Å². The van der Waals surface area contributed by atoms with Crippen molar-refractivity contribution in [2.75, 3.05) is 7.11 Å². The molecule has 7 nitrogen and oxygen atoms in total. The molecule has 0 bridgehead atoms. The number of carboxylic acids is 1. The van der Waals surface area contributed by atoms with Gasteiger partial charge in [-0.2, -0.15) is 13.2 Å². The molecule has 0 unspecified atom stereocenters. The van der Waals surface area contributed by atoms with Crippen molar-refractivity contribution < 1.29 is 42.1 Å². The molecular weight excluding hydrogens is 583 g/mol. The second kappa shape index (κ2) is 13.8. The molecular formula is C32H30F3NO6S. The zero-order valence-corrected chi connectivity index (χ0v) is 24.3. The maximum Gasteiger partial charge on any atom is 0.432 e. The number of aromatic nitrogens is 1. The van der Waals surface area contributed by atoms with Crippen molar-refractivity contribution in [1.29, 1.82) is 0 Å². The molecule has 0 amide bonds. The van der Waals surface area contributed by atoms with Gasteiger partial charge in [0.2, 0.25) is 0 Å². The maximum atomic E-state index is 14.1. The first kappa shape index (κ1) is 31.7. The van der Waals surface area contributed by atoms with E-state index in [4.69, 9.17) is 14.5 Å². The number of carboxylic acid groups (broad SMARTS) is 1. The summed E-state index contributed by atoms with van der Waals surface area (Å²) in [4.78, 5) is 30.4. The third-order valence-corrected chi connectivity index (χ3v) is 7.90. The van der Waals surface area contributed by atoms with Crippen molar-refractivity contribution in [3.05, 3.63) is 107 Å². The van der Waals surface area contributed by atoms with E-state index >= 15 is 0 Å². The zero-order valence-electron chi connectivity index (χ0n) is 23.5. The summed E-state index contributed by atoms with van der Waals surface area (Å²) in [5.41, 5.74) is -1.23. The number of ether oxygens (including phenoxy) is 3. The minimum absolute atomic E-state index is 0.196. The molecule has 0 saturated carbocycles. The molecule has 0 aliphatic heterocycles. The zero-order chi connectivity index (χ0) is 31.0. The molecule has 0 radical (unpaired) electrons. The molecule has 2 atom stereocenters. The lowest BCUT2D eigenvalue weighted by Crippen LogP contribution is -2.53. The summed E-state index contributed by atoms with van der Waals surface area (Å²) in [6.07, 6.45) is -6.55. The fraction of sp³-hybridized carbons (Fsp3) is 0.281. The van der Waals surface area contributed by atoms with Crippen molar-refractivity contribution in [1.82, 2.24) is 4.98 Å². The van der Waals surface area contributed by atoms with Crippen LogP contribution in [-0.4, -0.2) is 41.4 Å². The van der Waals surface area contributed by atoms with Gasteiger partial charge in [0.05, 0.1) is 5.69 Å². The number of carbonyl (C=O) groups excluding carboxylic acids is 1. The highest BCUT2D eigenvalue weighted by molar-refractivity contribution is 7.15. The Balaban J connectivity index is 1.33. The summed E-state index contributed by atoms with van der Waals surface area (Å²) >= 11 is 1.60. The third kappa shape index (κ3) is 7.41. The Labute approximate surface area is 250 Å². The fourth-order valence-corrected chi connectivity index (χ4v) is 5.42. The van der Waals surface area contributed by atoms with Crippen LogP contribution in [0.25, 0.3) is 10.6 Å². The van der Waals surface area contributed by atoms with Crippen molar-refractivity contribution in [3.63, 3.8) is 0 Å². The normalized spacial score (nSPS) is 13.6. The average Bonchev–Trinajstić information content (AvgIpc) is 3.37. The number of benzene rings is 3. The Bertz CT molecular complexity index is 1510. The molecule has 226 valence electrons. The van der Waals surface area contributed by atoms with Crippen LogP contribution in [0.2, 0.25) is 0 Å². The van der Waals surface area contributed by atoms with Crippen molar-refractivity contribution in [2.24, 2.45) is 0 Å². The van der Waals surface area contributed by atoms with Crippen LogP contribution < -0.4 is 4.74 Å². The van der Waals surface area contributed by atoms with E-state index in [2.05, 4.69) is 4.74 Å². The van der Waals surface area contributed by atoms with Crippen LogP contribution in [0, 0.1) is 6.92 Å². The largest absolute Gasteiger partial charge is 0.487 e. The Kier molecular flexibility index (Phi) is 10.2. The summed E-state index contributed by atoms with van der Waals surface area (Å²) in [5, 5.41) is 10.5. The SMILES string of the molecule is CO[C@@](C(=O)O[C@H](CCCc1ccc(OCc2nc(-c3ccccc3)sc2C)cc1)C(=O)O)(c1ccccc1)C(F)(F)F. The van der Waals surface area contributed by atoms with Gasteiger partial charge in [-0.15, -0.1) is 11.3 Å². The number of alkyl halides is 3. The highest BCUT2D eigenvalue weighted by Gasteiger charge is 2.64. The predicted molar refractivity (Wildman–Crippen MR) is 155 cm³/mol. The monoisotopic (exact) mass is 613 g/mol. The van der Waals surface area contributed by atoms with Gasteiger partial charge in [-0.05, 0) is 43.9 Å². The summed E-state index contributed by atoms with van der Waals surface area (Å²) < 4.78 is 57.9. The first-order valence-corrected chi connectivity index (χ1v) is 14.2. The van der Waals surface area contributed by atoms with Crippen LogP contribution in [0.3, 0.4) is 0 Å². The standard InChI is InChI=1S/C32H30F3NO6S/c1-21-26(36-28(43-21)23-11-5-3-6-12-23)20-41-25-18-16-22(17-19-25)10-9-15-27(29(37)38)42-30(39)31(40-2,32(33,34)35)24-13-7-4-8-14-24/h3-8,11-14,16-19,27H,9-10,15,20H2,1-2H3,(H,37,38)/t27-,31-/m1/s1. The number of esters is 1. The minimum atomic E-state index is -5.20. The number of rotatable bonds is 13. The molecule has 1 aromatic heterocycles. The lowest BCUT2D eigenvalue weighted by Gasteiger charge is -2.33. The first-order valence-electron chi connectivity index (χ1n) is 13.4. The van der Waals surface area contributed by atoms with Gasteiger partial charge in [0.25, 0.3) is 5.60 Å². The predicted octanol–water partition coefficient (Wildman–Crippen LogP) is 7.12. The van der Waals surface area contributed by atoms with Crippen LogP contribution in [0.4, 0.5) is 13.2 Å². The van der Waals surface area contributed by atoms with E-state index in [1.807, 2.05) is 49.4 Å². The molecule has 0 aliphatic rings. The molecule has 0 saturated heterocycles. The van der Waals surface area contributed by atoms with Crippen LogP contribution in [-0.2, 0) is 37.7 Å². The molecule has 0 aliphatic carbocycles. The Hall–Kier alpha value is -4.22. The smallest absolute Gasteiger partial charge is 0.432 e. The lowest BCUT2D eigenvalue weighted by molar-refractivity contribution is -0.278. The van der Waals surface area contributed by atoms with E-state index in [0.29, 0.717) is 18.8 Å². The highest BCUT2D eigenvalue weighted by atomic mass is 32.1. The lowest BCUT2D eigenvalue weighted by atomic mass is 9.92. The maximum absolute atomic E-state index is 14.1. The molecule has 0 spiro atoms. The van der Waals surface area contributed by atoms with Gasteiger partial charge < -0.3 is 19.3 Å². The van der Waals surface area contributed by atoms with Crippen LogP contribution in [0.1, 0.15) is 34.5 Å². The van der Waals surface area contributed by atoms with E-state index in [0.717, 1.165) is 45.9 Å². The minimum Gasteiger partial charge on any atom is -0.487 e. The Morgan fingerprint density at radius 2 is 1.58 bits per heavy atom. The molecule has 0 fully saturated rings. The third-order valence-electron chi connectivity index (χ3n) is 6.84. The van der Waals surface area contributed by atoms with Gasteiger partial charge in [0.15, 0.2) is 6.10 Å². The van der Waals surface area contributed by atoms with E-state index < -0.39 is 35.4 Å². The summed E-state index contributed by atoms with van der Waals surface area (Å²) in [6.45, 7) is 2.29. The Morgan fingerprint density at radius 1 is 0.953 bits per heavy atom. The molecule has 4 rings (SSSR count). The number of hydrogen-bond acceptors (Lipinski definition) is 7. The number of aliphatic carboxylic acids is 1. The molecule has 11 heteroatoms.